The molecule has 2 N–H and O–H groups in total. The predicted molar refractivity (Wildman–Crippen MR) is 93.2 cm³/mol. The quantitative estimate of drug-likeness (QED) is 0.758. The van der Waals surface area contributed by atoms with Gasteiger partial charge in [-0.2, -0.15) is 0 Å². The third-order valence-electron chi connectivity index (χ3n) is 4.08. The van der Waals surface area contributed by atoms with Crippen LogP contribution < -0.4 is 10.7 Å². The second-order valence-corrected chi connectivity index (χ2v) is 5.78. The van der Waals surface area contributed by atoms with Crippen LogP contribution in [0.2, 0.25) is 0 Å². The van der Waals surface area contributed by atoms with E-state index in [1.54, 1.807) is 18.2 Å². The number of aromatic amines is 1. The van der Waals surface area contributed by atoms with Gasteiger partial charge in [-0.15, -0.1) is 0 Å². The number of pyridine rings is 1. The van der Waals surface area contributed by atoms with E-state index in [9.17, 15) is 9.59 Å². The molecule has 0 bridgehead atoms. The molecule has 116 valence electrons. The molecule has 4 heteroatoms. The smallest absolute Gasteiger partial charge is 0.255 e. The fourth-order valence-corrected chi connectivity index (χ4v) is 2.60. The van der Waals surface area contributed by atoms with Crippen molar-refractivity contribution in [2.24, 2.45) is 0 Å². The normalized spacial score (nSPS) is 10.7. The lowest BCUT2D eigenvalue weighted by Crippen LogP contribution is -2.14. The van der Waals surface area contributed by atoms with Crippen molar-refractivity contribution in [1.29, 1.82) is 0 Å². The van der Waals surface area contributed by atoms with E-state index in [0.29, 0.717) is 10.9 Å². The molecule has 0 aliphatic heterocycles. The zero-order valence-electron chi connectivity index (χ0n) is 13.4. The van der Waals surface area contributed by atoms with Crippen molar-refractivity contribution < 1.29 is 4.79 Å². The number of anilines is 1. The van der Waals surface area contributed by atoms with Gasteiger partial charge in [-0.3, -0.25) is 9.59 Å². The molecule has 4 nitrogen and oxygen atoms in total. The number of aryl methyl sites for hydroxylation is 2. The number of nitrogens with one attached hydrogen (secondary N) is 2. The first kappa shape index (κ1) is 15.0. The summed E-state index contributed by atoms with van der Waals surface area (Å²) < 4.78 is 0. The average Bonchev–Trinajstić information content (AvgIpc) is 2.51. The number of carbonyl (C=O) groups is 1. The lowest BCUT2D eigenvalue weighted by atomic mass is 10.1. The first-order valence-corrected chi connectivity index (χ1v) is 7.47. The van der Waals surface area contributed by atoms with Crippen LogP contribution in [0.25, 0.3) is 10.9 Å². The van der Waals surface area contributed by atoms with Gasteiger partial charge in [0.05, 0.1) is 0 Å². The topological polar surface area (TPSA) is 62.0 Å². The first-order valence-electron chi connectivity index (χ1n) is 7.47. The Bertz CT molecular complexity index is 971. The number of hydrogen-bond acceptors (Lipinski definition) is 2. The van der Waals surface area contributed by atoms with Crippen molar-refractivity contribution in [2.75, 3.05) is 5.32 Å². The summed E-state index contributed by atoms with van der Waals surface area (Å²) in [6.07, 6.45) is 0. The van der Waals surface area contributed by atoms with Crippen LogP contribution in [0, 0.1) is 20.8 Å². The van der Waals surface area contributed by atoms with Crippen LogP contribution in [-0.4, -0.2) is 10.9 Å². The zero-order chi connectivity index (χ0) is 16.6. The van der Waals surface area contributed by atoms with Gasteiger partial charge in [0, 0.05) is 33.9 Å². The number of benzene rings is 2. The SMILES string of the molecule is Cc1cc(=O)c2cc(C(=O)Nc3cccc(C)c3C)ccc2[nH]1. The molecule has 0 fully saturated rings. The van der Waals surface area contributed by atoms with Crippen molar-refractivity contribution in [2.45, 2.75) is 20.8 Å². The largest absolute Gasteiger partial charge is 0.358 e. The molecule has 0 aliphatic carbocycles. The zero-order valence-corrected chi connectivity index (χ0v) is 13.4. The highest BCUT2D eigenvalue weighted by atomic mass is 16.1. The third kappa shape index (κ3) is 2.88. The number of carbonyl (C=O) groups excluding carboxylic acids is 1. The number of aromatic nitrogens is 1. The summed E-state index contributed by atoms with van der Waals surface area (Å²) in [5.74, 6) is -0.222. The number of hydrogen-bond donors (Lipinski definition) is 2. The monoisotopic (exact) mass is 306 g/mol. The van der Waals surface area contributed by atoms with Crippen LogP contribution >= 0.6 is 0 Å². The first-order chi connectivity index (χ1) is 11.0. The Labute approximate surface area is 134 Å². The third-order valence-corrected chi connectivity index (χ3v) is 4.08. The van der Waals surface area contributed by atoms with Gasteiger partial charge < -0.3 is 10.3 Å². The van der Waals surface area contributed by atoms with Crippen molar-refractivity contribution in [3.8, 4) is 0 Å². The minimum absolute atomic E-state index is 0.0855. The highest BCUT2D eigenvalue weighted by molar-refractivity contribution is 6.06. The maximum Gasteiger partial charge on any atom is 0.255 e. The Hall–Kier alpha value is -2.88. The van der Waals surface area contributed by atoms with Crippen LogP contribution in [0.1, 0.15) is 27.2 Å². The lowest BCUT2D eigenvalue weighted by Gasteiger charge is -2.11. The highest BCUT2D eigenvalue weighted by Gasteiger charge is 2.10. The molecule has 0 saturated heterocycles. The van der Waals surface area contributed by atoms with Gasteiger partial charge >= 0.3 is 0 Å². The maximum atomic E-state index is 12.5. The summed E-state index contributed by atoms with van der Waals surface area (Å²) in [5, 5.41) is 3.43. The van der Waals surface area contributed by atoms with Crippen molar-refractivity contribution >= 4 is 22.5 Å². The standard InChI is InChI=1S/C19H18N2O2/c1-11-5-4-6-16(13(11)3)21-19(23)14-7-8-17-15(10-14)18(22)9-12(2)20-17/h4-10H,1-3H3,(H,20,22)(H,21,23). The maximum absolute atomic E-state index is 12.5. The van der Waals surface area contributed by atoms with Crippen LogP contribution in [0.5, 0.6) is 0 Å². The van der Waals surface area contributed by atoms with Gasteiger partial charge in [-0.1, -0.05) is 12.1 Å². The van der Waals surface area contributed by atoms with E-state index in [-0.39, 0.29) is 11.3 Å². The summed E-state index contributed by atoms with van der Waals surface area (Å²) >= 11 is 0. The molecule has 1 amide bonds. The summed E-state index contributed by atoms with van der Waals surface area (Å²) in [7, 11) is 0. The van der Waals surface area contributed by atoms with E-state index in [4.69, 9.17) is 0 Å². The second-order valence-electron chi connectivity index (χ2n) is 5.78. The van der Waals surface area contributed by atoms with Crippen molar-refractivity contribution in [3.63, 3.8) is 0 Å². The molecule has 0 unspecified atom stereocenters. The van der Waals surface area contributed by atoms with Gasteiger partial charge in [-0.25, -0.2) is 0 Å². The van der Waals surface area contributed by atoms with E-state index in [2.05, 4.69) is 10.3 Å². The molecule has 0 aliphatic rings. The molecule has 2 aromatic carbocycles. The van der Waals surface area contributed by atoms with E-state index in [1.165, 1.54) is 6.07 Å². The van der Waals surface area contributed by atoms with Gasteiger partial charge in [0.15, 0.2) is 5.43 Å². The van der Waals surface area contributed by atoms with E-state index in [0.717, 1.165) is 28.0 Å². The molecular weight excluding hydrogens is 288 g/mol. The Balaban J connectivity index is 1.98. The van der Waals surface area contributed by atoms with E-state index >= 15 is 0 Å². The summed E-state index contributed by atoms with van der Waals surface area (Å²) in [5.41, 5.74) is 4.86. The lowest BCUT2D eigenvalue weighted by molar-refractivity contribution is 0.102. The fraction of sp³-hybridized carbons (Fsp3) is 0.158. The van der Waals surface area contributed by atoms with Crippen LogP contribution in [0.3, 0.4) is 0 Å². The highest BCUT2D eigenvalue weighted by Crippen LogP contribution is 2.19. The number of rotatable bonds is 2. The molecule has 1 heterocycles. The Morgan fingerprint density at radius 1 is 1.04 bits per heavy atom. The second kappa shape index (κ2) is 5.72. The van der Waals surface area contributed by atoms with Crippen LogP contribution in [0.4, 0.5) is 5.69 Å². The molecular formula is C19H18N2O2. The number of amides is 1. The summed E-state index contributed by atoms with van der Waals surface area (Å²) in [6.45, 7) is 5.81. The fourth-order valence-electron chi connectivity index (χ4n) is 2.60. The molecule has 1 aromatic heterocycles. The molecule has 0 spiro atoms. The van der Waals surface area contributed by atoms with Gasteiger partial charge in [0.2, 0.25) is 0 Å². The molecule has 0 radical (unpaired) electrons. The van der Waals surface area contributed by atoms with Gasteiger partial charge in [0.1, 0.15) is 0 Å². The molecule has 23 heavy (non-hydrogen) atoms. The number of H-pyrrole nitrogens is 1. The summed E-state index contributed by atoms with van der Waals surface area (Å²) in [6, 6.07) is 12.4. The van der Waals surface area contributed by atoms with E-state index < -0.39 is 0 Å². The van der Waals surface area contributed by atoms with Gasteiger partial charge in [0.25, 0.3) is 5.91 Å². The van der Waals surface area contributed by atoms with Crippen LogP contribution in [-0.2, 0) is 0 Å². The minimum Gasteiger partial charge on any atom is -0.358 e. The molecule has 3 rings (SSSR count). The molecule has 0 atom stereocenters. The Morgan fingerprint density at radius 3 is 2.61 bits per heavy atom. The van der Waals surface area contributed by atoms with Gasteiger partial charge in [-0.05, 0) is 56.2 Å². The average molecular weight is 306 g/mol. The van der Waals surface area contributed by atoms with Crippen molar-refractivity contribution in [1.82, 2.24) is 4.98 Å². The predicted octanol–water partition coefficient (Wildman–Crippen LogP) is 3.71. The van der Waals surface area contributed by atoms with Crippen molar-refractivity contribution in [3.05, 3.63) is 75.1 Å². The summed E-state index contributed by atoms with van der Waals surface area (Å²) in [4.78, 5) is 27.7. The number of fused-ring (bicyclic) bond motifs is 1. The molecule has 0 saturated carbocycles. The molecule has 3 aromatic rings. The minimum atomic E-state index is -0.222. The van der Waals surface area contributed by atoms with Crippen LogP contribution in [0.15, 0.2) is 47.3 Å². The van der Waals surface area contributed by atoms with E-state index in [1.807, 2.05) is 39.0 Å². The Morgan fingerprint density at radius 2 is 1.83 bits per heavy atom. The Kier molecular flexibility index (Phi) is 3.74.